The minimum Gasteiger partial charge on any atom is -0.395 e. The van der Waals surface area contributed by atoms with Crippen LogP contribution in [0.5, 0.6) is 0 Å². The van der Waals surface area contributed by atoms with Crippen molar-refractivity contribution in [3.63, 3.8) is 0 Å². The highest BCUT2D eigenvalue weighted by Gasteiger charge is 2.04. The number of amides is 1. The predicted octanol–water partition coefficient (Wildman–Crippen LogP) is 3.31. The van der Waals surface area contributed by atoms with Gasteiger partial charge in [-0.3, -0.25) is 4.79 Å². The predicted molar refractivity (Wildman–Crippen MR) is 82.9 cm³/mol. The van der Waals surface area contributed by atoms with Crippen LogP contribution in [0.15, 0.2) is 24.3 Å². The van der Waals surface area contributed by atoms with Gasteiger partial charge in [-0.15, -0.1) is 0 Å². The van der Waals surface area contributed by atoms with Crippen molar-refractivity contribution in [1.82, 2.24) is 5.32 Å². The average Bonchev–Trinajstić information content (AvgIpc) is 2.49. The molecule has 0 bridgehead atoms. The highest BCUT2D eigenvalue weighted by molar-refractivity contribution is 5.94. The molecule has 112 valence electrons. The molecule has 20 heavy (non-hydrogen) atoms. The van der Waals surface area contributed by atoms with Crippen LogP contribution >= 0.6 is 0 Å². The van der Waals surface area contributed by atoms with Crippen LogP contribution in [0.4, 0.5) is 0 Å². The number of carbonyl (C=O) groups excluding carboxylic acids is 1. The third-order valence-electron chi connectivity index (χ3n) is 3.43. The highest BCUT2D eigenvalue weighted by atomic mass is 16.3. The van der Waals surface area contributed by atoms with Crippen LogP contribution in [-0.4, -0.2) is 24.2 Å². The Hall–Kier alpha value is -1.35. The summed E-state index contributed by atoms with van der Waals surface area (Å²) in [5.41, 5.74) is 1.95. The molecular formula is C17H27NO2. The smallest absolute Gasteiger partial charge is 0.251 e. The van der Waals surface area contributed by atoms with E-state index in [4.69, 9.17) is 5.11 Å². The number of aryl methyl sites for hydroxylation is 1. The maximum absolute atomic E-state index is 11.7. The van der Waals surface area contributed by atoms with E-state index in [1.54, 1.807) is 0 Å². The lowest BCUT2D eigenvalue weighted by Gasteiger charge is -2.05. The lowest BCUT2D eigenvalue weighted by atomic mass is 10.0. The number of nitrogens with one attached hydrogen (secondary N) is 1. The molecule has 0 atom stereocenters. The van der Waals surface area contributed by atoms with E-state index in [0.29, 0.717) is 12.1 Å². The van der Waals surface area contributed by atoms with Gasteiger partial charge in [0, 0.05) is 12.1 Å². The summed E-state index contributed by atoms with van der Waals surface area (Å²) in [7, 11) is 0. The third kappa shape index (κ3) is 6.71. The van der Waals surface area contributed by atoms with Crippen LogP contribution in [0.2, 0.25) is 0 Å². The van der Waals surface area contributed by atoms with Gasteiger partial charge in [-0.1, -0.05) is 51.2 Å². The SMILES string of the molecule is CCCCCCCCc1ccc(C(=O)NCCO)cc1. The van der Waals surface area contributed by atoms with Crippen molar-refractivity contribution >= 4 is 5.91 Å². The molecule has 2 N–H and O–H groups in total. The Balaban J connectivity index is 2.26. The number of hydrogen-bond acceptors (Lipinski definition) is 2. The van der Waals surface area contributed by atoms with Gasteiger partial charge in [0.1, 0.15) is 0 Å². The molecule has 0 spiro atoms. The Morgan fingerprint density at radius 2 is 1.70 bits per heavy atom. The number of carbonyl (C=O) groups is 1. The van der Waals surface area contributed by atoms with Crippen LogP contribution in [0.1, 0.15) is 61.4 Å². The Morgan fingerprint density at radius 1 is 1.05 bits per heavy atom. The van der Waals surface area contributed by atoms with E-state index in [1.165, 1.54) is 44.1 Å². The van der Waals surface area contributed by atoms with Gasteiger partial charge in [-0.2, -0.15) is 0 Å². The van der Waals surface area contributed by atoms with Gasteiger partial charge in [0.2, 0.25) is 0 Å². The number of rotatable bonds is 10. The van der Waals surface area contributed by atoms with Crippen LogP contribution in [-0.2, 0) is 6.42 Å². The van der Waals surface area contributed by atoms with E-state index in [0.717, 1.165) is 6.42 Å². The Labute approximate surface area is 122 Å². The second-order valence-electron chi connectivity index (χ2n) is 5.19. The van der Waals surface area contributed by atoms with Crippen LogP contribution in [0, 0.1) is 0 Å². The molecule has 0 aliphatic rings. The summed E-state index contributed by atoms with van der Waals surface area (Å²) in [5, 5.41) is 11.3. The Morgan fingerprint density at radius 3 is 2.35 bits per heavy atom. The van der Waals surface area contributed by atoms with Gasteiger partial charge in [0.15, 0.2) is 0 Å². The van der Waals surface area contributed by atoms with Gasteiger partial charge >= 0.3 is 0 Å². The van der Waals surface area contributed by atoms with Crippen molar-refractivity contribution in [2.75, 3.05) is 13.2 Å². The van der Waals surface area contributed by atoms with Crippen LogP contribution in [0.25, 0.3) is 0 Å². The minimum absolute atomic E-state index is 0.0259. The summed E-state index contributed by atoms with van der Waals surface area (Å²) in [5.74, 6) is -0.120. The second kappa shape index (κ2) is 10.4. The molecule has 0 radical (unpaired) electrons. The molecule has 1 amide bonds. The van der Waals surface area contributed by atoms with E-state index in [1.807, 2.05) is 24.3 Å². The van der Waals surface area contributed by atoms with E-state index >= 15 is 0 Å². The van der Waals surface area contributed by atoms with Gasteiger partial charge in [0.05, 0.1) is 6.61 Å². The summed E-state index contributed by atoms with van der Waals surface area (Å²) in [4.78, 5) is 11.7. The zero-order valence-electron chi connectivity index (χ0n) is 12.5. The average molecular weight is 277 g/mol. The van der Waals surface area contributed by atoms with E-state index in [2.05, 4.69) is 12.2 Å². The summed E-state index contributed by atoms with van der Waals surface area (Å²) >= 11 is 0. The molecular weight excluding hydrogens is 250 g/mol. The first-order valence-corrected chi connectivity index (χ1v) is 7.76. The Kier molecular flexibility index (Phi) is 8.72. The molecule has 3 nitrogen and oxygen atoms in total. The van der Waals surface area contributed by atoms with Gasteiger partial charge < -0.3 is 10.4 Å². The molecule has 0 saturated heterocycles. The fourth-order valence-electron chi connectivity index (χ4n) is 2.20. The summed E-state index contributed by atoms with van der Waals surface area (Å²) < 4.78 is 0. The van der Waals surface area contributed by atoms with Gasteiger partial charge in [-0.25, -0.2) is 0 Å². The fourth-order valence-corrected chi connectivity index (χ4v) is 2.20. The fraction of sp³-hybridized carbons (Fsp3) is 0.588. The third-order valence-corrected chi connectivity index (χ3v) is 3.43. The molecule has 0 fully saturated rings. The van der Waals surface area contributed by atoms with Crippen LogP contribution in [0.3, 0.4) is 0 Å². The molecule has 0 aromatic heterocycles. The van der Waals surface area contributed by atoms with Crippen molar-refractivity contribution in [2.45, 2.75) is 51.9 Å². The number of unbranched alkanes of at least 4 members (excludes halogenated alkanes) is 5. The molecule has 0 aliphatic heterocycles. The zero-order valence-corrected chi connectivity index (χ0v) is 12.5. The van der Waals surface area contributed by atoms with E-state index in [-0.39, 0.29) is 12.5 Å². The molecule has 3 heteroatoms. The molecule has 1 aromatic carbocycles. The molecule has 1 rings (SSSR count). The summed E-state index contributed by atoms with van der Waals surface area (Å²) in [6.45, 7) is 2.51. The Bertz CT molecular complexity index is 373. The largest absolute Gasteiger partial charge is 0.395 e. The normalized spacial score (nSPS) is 10.5. The molecule has 0 saturated carbocycles. The van der Waals surface area contributed by atoms with Gasteiger partial charge in [0.25, 0.3) is 5.91 Å². The molecule has 0 aliphatic carbocycles. The first-order chi connectivity index (χ1) is 9.77. The van der Waals surface area contributed by atoms with Crippen molar-refractivity contribution in [3.8, 4) is 0 Å². The summed E-state index contributed by atoms with van der Waals surface area (Å²) in [6.07, 6.45) is 8.91. The number of hydrogen-bond donors (Lipinski definition) is 2. The van der Waals surface area contributed by atoms with Crippen molar-refractivity contribution in [3.05, 3.63) is 35.4 Å². The lowest BCUT2D eigenvalue weighted by Crippen LogP contribution is -2.26. The van der Waals surface area contributed by atoms with Crippen molar-refractivity contribution in [1.29, 1.82) is 0 Å². The second-order valence-corrected chi connectivity index (χ2v) is 5.19. The van der Waals surface area contributed by atoms with Gasteiger partial charge in [-0.05, 0) is 30.5 Å². The first kappa shape index (κ1) is 16.7. The first-order valence-electron chi connectivity index (χ1n) is 7.76. The number of aliphatic hydroxyl groups is 1. The van der Waals surface area contributed by atoms with E-state index in [9.17, 15) is 4.79 Å². The molecule has 0 heterocycles. The number of benzene rings is 1. The maximum Gasteiger partial charge on any atom is 0.251 e. The van der Waals surface area contributed by atoms with E-state index < -0.39 is 0 Å². The number of aliphatic hydroxyl groups excluding tert-OH is 1. The highest BCUT2D eigenvalue weighted by Crippen LogP contribution is 2.11. The lowest BCUT2D eigenvalue weighted by molar-refractivity contribution is 0.0945. The standard InChI is InChI=1S/C17H27NO2/c1-2-3-4-5-6-7-8-15-9-11-16(12-10-15)17(20)18-13-14-19/h9-12,19H,2-8,13-14H2,1H3,(H,18,20). The molecule has 1 aromatic rings. The minimum atomic E-state index is -0.120. The topological polar surface area (TPSA) is 49.3 Å². The maximum atomic E-state index is 11.7. The summed E-state index contributed by atoms with van der Waals surface area (Å²) in [6, 6.07) is 7.78. The van der Waals surface area contributed by atoms with Crippen LogP contribution < -0.4 is 5.32 Å². The zero-order chi connectivity index (χ0) is 14.6. The van der Waals surface area contributed by atoms with Crippen molar-refractivity contribution in [2.24, 2.45) is 0 Å². The quantitative estimate of drug-likeness (QED) is 0.645. The monoisotopic (exact) mass is 277 g/mol. The van der Waals surface area contributed by atoms with Crippen molar-refractivity contribution < 1.29 is 9.90 Å². The molecule has 0 unspecified atom stereocenters.